The van der Waals surface area contributed by atoms with E-state index in [1.807, 2.05) is 0 Å². The van der Waals surface area contributed by atoms with E-state index in [1.165, 1.54) is 30.3 Å². The fourth-order valence-corrected chi connectivity index (χ4v) is 4.26. The number of fused-ring (bicyclic) bond motifs is 3. The van der Waals surface area contributed by atoms with Crippen molar-refractivity contribution in [2.75, 3.05) is 12.1 Å². The second-order valence-corrected chi connectivity index (χ2v) is 7.97. The van der Waals surface area contributed by atoms with Gasteiger partial charge in [0, 0.05) is 32.8 Å². The van der Waals surface area contributed by atoms with Crippen molar-refractivity contribution >= 4 is 40.7 Å². The molecule has 2 heterocycles. The van der Waals surface area contributed by atoms with Gasteiger partial charge < -0.3 is 20.1 Å². The zero-order valence-corrected chi connectivity index (χ0v) is 17.5. The largest absolute Gasteiger partial charge is 0.453 e. The molecule has 3 aromatic carbocycles. The number of hydrogen-bond acceptors (Lipinski definition) is 4. The number of anilines is 1. The van der Waals surface area contributed by atoms with Gasteiger partial charge in [0.15, 0.2) is 11.5 Å². The van der Waals surface area contributed by atoms with Crippen LogP contribution < -0.4 is 20.1 Å². The standard InChI is InChI=1S/C22H12Cl2F2N2O4/c23-10-3-9(4-12(26)5-10)21(29)27-15-7-16-20(32-8-31-16)18-17(15)19(28-22(18)30)13-6-11(25)1-2-14(13)24/h1-7,19H,8H2,(H,27,29)(H,28,30). The molecule has 2 N–H and O–H groups in total. The van der Waals surface area contributed by atoms with Crippen molar-refractivity contribution < 1.29 is 27.8 Å². The Labute approximate surface area is 190 Å². The molecule has 32 heavy (non-hydrogen) atoms. The first kappa shape index (κ1) is 20.5. The number of carbonyl (C=O) groups excluding carboxylic acids is 2. The van der Waals surface area contributed by atoms with Gasteiger partial charge in [-0.1, -0.05) is 23.2 Å². The van der Waals surface area contributed by atoms with Crippen molar-refractivity contribution in [2.45, 2.75) is 6.04 Å². The molecule has 0 fully saturated rings. The maximum Gasteiger partial charge on any atom is 0.256 e. The Morgan fingerprint density at radius 1 is 1.06 bits per heavy atom. The summed E-state index contributed by atoms with van der Waals surface area (Å²) < 4.78 is 38.6. The molecule has 0 aliphatic carbocycles. The molecule has 5 rings (SSSR count). The van der Waals surface area contributed by atoms with Crippen molar-refractivity contribution in [3.05, 3.63) is 86.4 Å². The minimum atomic E-state index is -0.874. The molecule has 6 nitrogen and oxygen atoms in total. The van der Waals surface area contributed by atoms with Gasteiger partial charge in [-0.05, 0) is 36.4 Å². The summed E-state index contributed by atoms with van der Waals surface area (Å²) in [5.41, 5.74) is 0.916. The first-order chi connectivity index (χ1) is 15.3. The second kappa shape index (κ2) is 7.65. The van der Waals surface area contributed by atoms with Crippen molar-refractivity contribution in [3.63, 3.8) is 0 Å². The van der Waals surface area contributed by atoms with E-state index in [1.54, 1.807) is 0 Å². The average Bonchev–Trinajstić information content (AvgIpc) is 3.33. The number of ether oxygens (including phenoxy) is 2. The minimum absolute atomic E-state index is 0.0287. The predicted octanol–water partition coefficient (Wildman–Crippen LogP) is 5.09. The number of rotatable bonds is 3. The summed E-state index contributed by atoms with van der Waals surface area (Å²) in [5, 5.41) is 5.68. The molecule has 2 amide bonds. The van der Waals surface area contributed by atoms with Crippen molar-refractivity contribution in [3.8, 4) is 11.5 Å². The molecule has 0 radical (unpaired) electrons. The van der Waals surface area contributed by atoms with Crippen LogP contribution in [0.5, 0.6) is 11.5 Å². The molecule has 1 atom stereocenters. The molecule has 2 aliphatic rings. The summed E-state index contributed by atoms with van der Waals surface area (Å²) in [6.45, 7) is -0.114. The lowest BCUT2D eigenvalue weighted by molar-refractivity contribution is 0.0955. The first-order valence-electron chi connectivity index (χ1n) is 9.31. The third kappa shape index (κ3) is 3.41. The van der Waals surface area contributed by atoms with Gasteiger partial charge in [0.25, 0.3) is 11.8 Å². The molecule has 162 valence electrons. The van der Waals surface area contributed by atoms with E-state index in [0.29, 0.717) is 11.1 Å². The molecule has 1 unspecified atom stereocenters. The molecular weight excluding hydrogens is 465 g/mol. The molecule has 0 aromatic heterocycles. The van der Waals surface area contributed by atoms with E-state index in [0.717, 1.165) is 12.1 Å². The summed E-state index contributed by atoms with van der Waals surface area (Å²) in [6.07, 6.45) is 0. The first-order valence-corrected chi connectivity index (χ1v) is 10.1. The zero-order chi connectivity index (χ0) is 22.6. The molecule has 3 aromatic rings. The number of halogens is 4. The van der Waals surface area contributed by atoms with Crippen LogP contribution in [0.25, 0.3) is 0 Å². The lowest BCUT2D eigenvalue weighted by Gasteiger charge is -2.18. The Morgan fingerprint density at radius 3 is 2.66 bits per heavy atom. The summed E-state index contributed by atoms with van der Waals surface area (Å²) in [7, 11) is 0. The highest BCUT2D eigenvalue weighted by Crippen LogP contribution is 2.48. The number of carbonyl (C=O) groups is 2. The Bertz CT molecular complexity index is 1300. The van der Waals surface area contributed by atoms with Gasteiger partial charge in [0.1, 0.15) is 11.6 Å². The molecule has 0 spiro atoms. The van der Waals surface area contributed by atoms with E-state index >= 15 is 0 Å². The van der Waals surface area contributed by atoms with E-state index < -0.39 is 29.5 Å². The fourth-order valence-electron chi connectivity index (χ4n) is 3.81. The Kier molecular flexibility index (Phi) is 4.91. The Morgan fingerprint density at radius 2 is 1.88 bits per heavy atom. The quantitative estimate of drug-likeness (QED) is 0.552. The van der Waals surface area contributed by atoms with Crippen molar-refractivity contribution in [1.29, 1.82) is 0 Å². The van der Waals surface area contributed by atoms with Crippen LogP contribution in [0.1, 0.15) is 37.9 Å². The molecule has 10 heteroatoms. The second-order valence-electron chi connectivity index (χ2n) is 7.13. The van der Waals surface area contributed by atoms with Crippen molar-refractivity contribution in [2.24, 2.45) is 0 Å². The predicted molar refractivity (Wildman–Crippen MR) is 113 cm³/mol. The van der Waals surface area contributed by atoms with Gasteiger partial charge in [-0.15, -0.1) is 0 Å². The van der Waals surface area contributed by atoms with Gasteiger partial charge in [-0.3, -0.25) is 9.59 Å². The van der Waals surface area contributed by atoms with Crippen LogP contribution in [0.3, 0.4) is 0 Å². The number of nitrogens with one attached hydrogen (secondary N) is 2. The van der Waals surface area contributed by atoms with Crippen LogP contribution >= 0.6 is 23.2 Å². The van der Waals surface area contributed by atoms with E-state index in [9.17, 15) is 18.4 Å². The SMILES string of the molecule is O=C(Nc1cc2c(c3c1C(c1cc(F)ccc1Cl)NC3=O)OCO2)c1cc(F)cc(Cl)c1. The van der Waals surface area contributed by atoms with Crippen LogP contribution in [-0.2, 0) is 0 Å². The van der Waals surface area contributed by atoms with Gasteiger partial charge in [0.05, 0.1) is 17.3 Å². The normalized spacial score (nSPS) is 16.0. The van der Waals surface area contributed by atoms with Crippen LogP contribution in [0, 0.1) is 11.6 Å². The topological polar surface area (TPSA) is 76.7 Å². The van der Waals surface area contributed by atoms with E-state index in [-0.39, 0.29) is 45.2 Å². The summed E-state index contributed by atoms with van der Waals surface area (Å²) in [6, 6.07) is 7.78. The Hall–Kier alpha value is -3.36. The van der Waals surface area contributed by atoms with E-state index in [4.69, 9.17) is 32.7 Å². The molecule has 0 saturated heterocycles. The van der Waals surface area contributed by atoms with Gasteiger partial charge in [0.2, 0.25) is 6.79 Å². The molecule has 0 saturated carbocycles. The van der Waals surface area contributed by atoms with Gasteiger partial charge >= 0.3 is 0 Å². The highest BCUT2D eigenvalue weighted by atomic mass is 35.5. The van der Waals surface area contributed by atoms with Crippen molar-refractivity contribution in [1.82, 2.24) is 5.32 Å². The average molecular weight is 477 g/mol. The molecule has 2 aliphatic heterocycles. The molecule has 0 bridgehead atoms. The fraction of sp³-hybridized carbons (Fsp3) is 0.0909. The van der Waals surface area contributed by atoms with Gasteiger partial charge in [-0.25, -0.2) is 8.78 Å². The monoisotopic (exact) mass is 476 g/mol. The van der Waals surface area contributed by atoms with Crippen LogP contribution in [-0.4, -0.2) is 18.6 Å². The Balaban J connectivity index is 1.65. The third-order valence-electron chi connectivity index (χ3n) is 5.14. The zero-order valence-electron chi connectivity index (χ0n) is 16.0. The maximum absolute atomic E-state index is 14.0. The van der Waals surface area contributed by atoms with Crippen LogP contribution in [0.15, 0.2) is 42.5 Å². The lowest BCUT2D eigenvalue weighted by atomic mass is 9.95. The molecular formula is C22H12Cl2F2N2O4. The van der Waals surface area contributed by atoms with Crippen LogP contribution in [0.4, 0.5) is 14.5 Å². The number of benzene rings is 3. The highest BCUT2D eigenvalue weighted by Gasteiger charge is 2.40. The third-order valence-corrected chi connectivity index (χ3v) is 5.70. The maximum atomic E-state index is 14.0. The number of hydrogen-bond donors (Lipinski definition) is 2. The summed E-state index contributed by atoms with van der Waals surface area (Å²) in [5.74, 6) is -1.95. The summed E-state index contributed by atoms with van der Waals surface area (Å²) >= 11 is 12.1. The minimum Gasteiger partial charge on any atom is -0.453 e. The van der Waals surface area contributed by atoms with Crippen LogP contribution in [0.2, 0.25) is 10.0 Å². The lowest BCUT2D eigenvalue weighted by Crippen LogP contribution is -2.21. The summed E-state index contributed by atoms with van der Waals surface area (Å²) in [4.78, 5) is 25.7. The van der Waals surface area contributed by atoms with E-state index in [2.05, 4.69) is 10.6 Å². The van der Waals surface area contributed by atoms with Gasteiger partial charge in [-0.2, -0.15) is 0 Å². The highest BCUT2D eigenvalue weighted by molar-refractivity contribution is 6.31. The number of amides is 2. The smallest absolute Gasteiger partial charge is 0.256 e.